The van der Waals surface area contributed by atoms with Crippen molar-refractivity contribution in [2.45, 2.75) is 81.4 Å². The largest absolute Gasteiger partial charge is 0.335 e. The minimum absolute atomic E-state index is 0.210. The molecular formula is C16H26N6O2S. The number of imide groups is 1. The molecule has 138 valence electrons. The van der Waals surface area contributed by atoms with Gasteiger partial charge in [-0.1, -0.05) is 43.9 Å². The molecule has 0 saturated heterocycles. The van der Waals surface area contributed by atoms with Crippen molar-refractivity contribution in [2.24, 2.45) is 0 Å². The molecule has 0 bridgehead atoms. The number of carbonyl (C=O) groups is 2. The summed E-state index contributed by atoms with van der Waals surface area (Å²) in [5.41, 5.74) is 0. The number of amides is 3. The average Bonchev–Trinajstić information content (AvgIpc) is 3.27. The summed E-state index contributed by atoms with van der Waals surface area (Å²) in [5.74, 6) is 0.287. The monoisotopic (exact) mass is 366 g/mol. The van der Waals surface area contributed by atoms with E-state index in [2.05, 4.69) is 26.2 Å². The minimum Gasteiger partial charge on any atom is -0.335 e. The number of urea groups is 1. The summed E-state index contributed by atoms with van der Waals surface area (Å²) in [5, 5.41) is 18.0. The number of hydrogen-bond donors (Lipinski definition) is 2. The molecule has 0 spiro atoms. The maximum Gasteiger partial charge on any atom is 0.321 e. The van der Waals surface area contributed by atoms with E-state index < -0.39 is 0 Å². The Labute approximate surface area is 151 Å². The van der Waals surface area contributed by atoms with E-state index in [-0.39, 0.29) is 24.4 Å². The summed E-state index contributed by atoms with van der Waals surface area (Å²) >= 11 is 1.47. The van der Waals surface area contributed by atoms with Gasteiger partial charge in [-0.25, -0.2) is 9.48 Å². The third-order valence-electron chi connectivity index (χ3n) is 4.89. The summed E-state index contributed by atoms with van der Waals surface area (Å²) in [7, 11) is 0. The highest BCUT2D eigenvalue weighted by atomic mass is 32.2. The molecule has 0 aromatic carbocycles. The van der Waals surface area contributed by atoms with Crippen molar-refractivity contribution < 1.29 is 9.59 Å². The Morgan fingerprint density at radius 1 is 1.08 bits per heavy atom. The van der Waals surface area contributed by atoms with Crippen LogP contribution in [0.2, 0.25) is 0 Å². The summed E-state index contributed by atoms with van der Waals surface area (Å²) in [6.07, 6.45) is 10.5. The van der Waals surface area contributed by atoms with E-state index in [4.69, 9.17) is 0 Å². The number of hydrogen-bond acceptors (Lipinski definition) is 6. The lowest BCUT2D eigenvalue weighted by atomic mass is 9.96. The maximum absolute atomic E-state index is 11.9. The topological polar surface area (TPSA) is 102 Å². The Kier molecular flexibility index (Phi) is 6.66. The van der Waals surface area contributed by atoms with Gasteiger partial charge in [0, 0.05) is 18.2 Å². The Morgan fingerprint density at radius 3 is 2.56 bits per heavy atom. The van der Waals surface area contributed by atoms with E-state index in [9.17, 15) is 9.59 Å². The Bertz CT molecular complexity index is 581. The first kappa shape index (κ1) is 18.2. The van der Waals surface area contributed by atoms with Crippen LogP contribution >= 0.6 is 11.8 Å². The molecule has 0 radical (unpaired) electrons. The average molecular weight is 366 g/mol. The molecule has 2 saturated carbocycles. The van der Waals surface area contributed by atoms with Gasteiger partial charge in [0.1, 0.15) is 0 Å². The molecule has 8 nitrogen and oxygen atoms in total. The number of nitrogens with zero attached hydrogens (tertiary/aromatic N) is 4. The van der Waals surface area contributed by atoms with Gasteiger partial charge in [0.15, 0.2) is 0 Å². The quantitative estimate of drug-likeness (QED) is 0.750. The highest BCUT2D eigenvalue weighted by Gasteiger charge is 2.21. The van der Waals surface area contributed by atoms with Crippen molar-refractivity contribution in [3.8, 4) is 0 Å². The van der Waals surface area contributed by atoms with Crippen molar-refractivity contribution in [3.05, 3.63) is 0 Å². The number of aromatic nitrogens is 4. The van der Waals surface area contributed by atoms with Gasteiger partial charge in [-0.3, -0.25) is 10.1 Å². The van der Waals surface area contributed by atoms with Crippen LogP contribution in [0.15, 0.2) is 5.16 Å². The van der Waals surface area contributed by atoms with Crippen LogP contribution in [0.5, 0.6) is 0 Å². The molecular weight excluding hydrogens is 340 g/mol. The van der Waals surface area contributed by atoms with Gasteiger partial charge in [0.2, 0.25) is 11.1 Å². The fourth-order valence-electron chi connectivity index (χ4n) is 3.55. The van der Waals surface area contributed by atoms with Crippen LogP contribution in [0.1, 0.15) is 70.3 Å². The molecule has 1 aromatic rings. The van der Waals surface area contributed by atoms with Crippen LogP contribution in [0.4, 0.5) is 4.79 Å². The molecule has 0 atom stereocenters. The summed E-state index contributed by atoms with van der Waals surface area (Å²) in [6.45, 7) is 0. The van der Waals surface area contributed by atoms with E-state index in [1.165, 1.54) is 31.0 Å². The minimum atomic E-state index is -0.381. The Hall–Kier alpha value is -1.64. The fraction of sp³-hybridized carbons (Fsp3) is 0.812. The normalized spacial score (nSPS) is 19.0. The third kappa shape index (κ3) is 5.42. The molecule has 9 heteroatoms. The van der Waals surface area contributed by atoms with Gasteiger partial charge < -0.3 is 5.32 Å². The maximum atomic E-state index is 11.9. The van der Waals surface area contributed by atoms with Crippen LogP contribution in [0.3, 0.4) is 0 Å². The van der Waals surface area contributed by atoms with E-state index in [1.807, 2.05) is 4.68 Å². The first-order chi connectivity index (χ1) is 12.2. The van der Waals surface area contributed by atoms with Crippen molar-refractivity contribution in [1.82, 2.24) is 30.8 Å². The number of rotatable bonds is 6. The highest BCUT2D eigenvalue weighted by molar-refractivity contribution is 7.99. The van der Waals surface area contributed by atoms with Crippen LogP contribution in [-0.4, -0.2) is 43.9 Å². The molecule has 25 heavy (non-hydrogen) atoms. The summed E-state index contributed by atoms with van der Waals surface area (Å²) < 4.78 is 1.90. The molecule has 3 amide bonds. The first-order valence-corrected chi connectivity index (χ1v) is 10.2. The molecule has 2 fully saturated rings. The van der Waals surface area contributed by atoms with Crippen molar-refractivity contribution in [1.29, 1.82) is 0 Å². The van der Waals surface area contributed by atoms with Crippen LogP contribution < -0.4 is 10.6 Å². The summed E-state index contributed by atoms with van der Waals surface area (Å²) in [4.78, 5) is 23.7. The van der Waals surface area contributed by atoms with Crippen molar-refractivity contribution in [3.63, 3.8) is 0 Å². The van der Waals surface area contributed by atoms with E-state index in [0.29, 0.717) is 11.8 Å². The molecule has 1 aromatic heterocycles. The molecule has 2 aliphatic carbocycles. The standard InChI is InChI=1S/C16H26N6O2S/c23-14(18-15(24)17-12-6-4-5-7-12)10-11-25-16-19-20-21-22(16)13-8-2-1-3-9-13/h12-13H,1-11H2,(H2,17,18,23,24). The zero-order valence-electron chi connectivity index (χ0n) is 14.4. The zero-order chi connectivity index (χ0) is 17.5. The van der Waals surface area contributed by atoms with Crippen molar-refractivity contribution >= 4 is 23.7 Å². The van der Waals surface area contributed by atoms with Gasteiger partial charge in [0.25, 0.3) is 0 Å². The van der Waals surface area contributed by atoms with E-state index in [0.717, 1.165) is 43.7 Å². The summed E-state index contributed by atoms with van der Waals surface area (Å²) in [6, 6.07) is 0.202. The van der Waals surface area contributed by atoms with Gasteiger partial charge >= 0.3 is 6.03 Å². The number of thioether (sulfide) groups is 1. The molecule has 1 heterocycles. The Morgan fingerprint density at radius 2 is 1.80 bits per heavy atom. The molecule has 3 rings (SSSR count). The second kappa shape index (κ2) is 9.17. The molecule has 0 aliphatic heterocycles. The fourth-order valence-corrected chi connectivity index (χ4v) is 4.43. The van der Waals surface area contributed by atoms with Gasteiger partial charge in [0.05, 0.1) is 6.04 Å². The lowest BCUT2D eigenvalue weighted by Gasteiger charge is -2.21. The second-order valence-electron chi connectivity index (χ2n) is 6.80. The highest BCUT2D eigenvalue weighted by Crippen LogP contribution is 2.30. The molecule has 2 aliphatic rings. The number of nitrogens with one attached hydrogen (secondary N) is 2. The third-order valence-corrected chi connectivity index (χ3v) is 5.82. The van der Waals surface area contributed by atoms with Crippen LogP contribution in [0, 0.1) is 0 Å². The lowest BCUT2D eigenvalue weighted by Crippen LogP contribution is -2.43. The van der Waals surface area contributed by atoms with Gasteiger partial charge in [-0.05, 0) is 36.1 Å². The lowest BCUT2D eigenvalue weighted by molar-refractivity contribution is -0.119. The van der Waals surface area contributed by atoms with E-state index >= 15 is 0 Å². The smallest absolute Gasteiger partial charge is 0.321 e. The predicted octanol–water partition coefficient (Wildman–Crippen LogP) is 2.43. The predicted molar refractivity (Wildman–Crippen MR) is 94.2 cm³/mol. The Balaban J connectivity index is 1.38. The van der Waals surface area contributed by atoms with Gasteiger partial charge in [-0.15, -0.1) is 5.10 Å². The molecule has 2 N–H and O–H groups in total. The van der Waals surface area contributed by atoms with Crippen LogP contribution in [-0.2, 0) is 4.79 Å². The SMILES string of the molecule is O=C(CCSc1nnnn1C1CCCCC1)NC(=O)NC1CCCC1. The van der Waals surface area contributed by atoms with Gasteiger partial charge in [-0.2, -0.15) is 0 Å². The van der Waals surface area contributed by atoms with Crippen LogP contribution in [0.25, 0.3) is 0 Å². The first-order valence-electron chi connectivity index (χ1n) is 9.23. The number of carbonyl (C=O) groups excluding carboxylic acids is 2. The zero-order valence-corrected chi connectivity index (χ0v) is 15.3. The van der Waals surface area contributed by atoms with Crippen molar-refractivity contribution in [2.75, 3.05) is 5.75 Å². The molecule has 0 unspecified atom stereocenters. The number of tetrazole rings is 1. The second-order valence-corrected chi connectivity index (χ2v) is 7.86. The van der Waals surface area contributed by atoms with E-state index in [1.54, 1.807) is 0 Å².